The summed E-state index contributed by atoms with van der Waals surface area (Å²) >= 11 is 0. The molecule has 1 aromatic rings. The van der Waals surface area contributed by atoms with Gasteiger partial charge in [-0.2, -0.15) is 0 Å². The van der Waals surface area contributed by atoms with E-state index in [1.807, 2.05) is 36.4 Å². The van der Waals surface area contributed by atoms with E-state index in [0.717, 1.165) is 24.8 Å². The summed E-state index contributed by atoms with van der Waals surface area (Å²) in [6, 6.07) is 10.1. The van der Waals surface area contributed by atoms with Crippen LogP contribution in [0.15, 0.2) is 47.6 Å². The van der Waals surface area contributed by atoms with Crippen LogP contribution in [0.1, 0.15) is 64.9 Å². The van der Waals surface area contributed by atoms with Gasteiger partial charge in [0, 0.05) is 5.41 Å². The number of ketones is 1. The van der Waals surface area contributed by atoms with E-state index in [0.29, 0.717) is 0 Å². The maximum atomic E-state index is 12.9. The van der Waals surface area contributed by atoms with Crippen LogP contribution in [0.4, 0.5) is 0 Å². The van der Waals surface area contributed by atoms with Crippen LogP contribution in [0.25, 0.3) is 6.08 Å². The molecular formula is C22H28O. The lowest BCUT2D eigenvalue weighted by Gasteiger charge is -2.44. The first-order chi connectivity index (χ1) is 10.9. The van der Waals surface area contributed by atoms with Crippen molar-refractivity contribution >= 4 is 11.9 Å². The highest BCUT2D eigenvalue weighted by atomic mass is 16.1. The van der Waals surface area contributed by atoms with Crippen LogP contribution in [0.5, 0.6) is 0 Å². The Morgan fingerprint density at radius 1 is 1.04 bits per heavy atom. The fourth-order valence-corrected chi connectivity index (χ4v) is 4.22. The molecule has 0 saturated carbocycles. The van der Waals surface area contributed by atoms with Gasteiger partial charge in [0.15, 0.2) is 5.78 Å². The average Bonchev–Trinajstić information content (AvgIpc) is 2.54. The molecule has 1 aromatic carbocycles. The highest BCUT2D eigenvalue weighted by molar-refractivity contribution is 5.98. The van der Waals surface area contributed by atoms with Gasteiger partial charge in [-0.1, -0.05) is 68.3 Å². The summed E-state index contributed by atoms with van der Waals surface area (Å²) in [6.45, 7) is 6.88. The number of carbonyl (C=O) groups excluding carboxylic acids is 1. The number of rotatable bonds is 3. The third kappa shape index (κ3) is 3.34. The third-order valence-electron chi connectivity index (χ3n) is 5.89. The number of allylic oxidation sites excluding steroid dienone is 3. The minimum absolute atomic E-state index is 0.223. The van der Waals surface area contributed by atoms with Crippen LogP contribution in [-0.4, -0.2) is 5.78 Å². The number of carbonyl (C=O) groups is 1. The van der Waals surface area contributed by atoms with Gasteiger partial charge in [-0.05, 0) is 55.6 Å². The minimum atomic E-state index is -0.223. The van der Waals surface area contributed by atoms with Gasteiger partial charge in [-0.15, -0.1) is 0 Å². The second-order valence-corrected chi connectivity index (χ2v) is 8.17. The minimum Gasteiger partial charge on any atom is -0.294 e. The lowest BCUT2D eigenvalue weighted by atomic mass is 9.60. The summed E-state index contributed by atoms with van der Waals surface area (Å²) in [6.07, 6.45) is 10.6. The normalized spacial score (nSPS) is 27.1. The van der Waals surface area contributed by atoms with Gasteiger partial charge >= 0.3 is 0 Å². The molecule has 3 rings (SSSR count). The lowest BCUT2D eigenvalue weighted by molar-refractivity contribution is -0.123. The zero-order valence-corrected chi connectivity index (χ0v) is 14.7. The van der Waals surface area contributed by atoms with Crippen LogP contribution < -0.4 is 0 Å². The van der Waals surface area contributed by atoms with Gasteiger partial charge in [-0.3, -0.25) is 4.79 Å². The average molecular weight is 308 g/mol. The summed E-state index contributed by atoms with van der Waals surface area (Å²) in [7, 11) is 0. The highest BCUT2D eigenvalue weighted by Crippen LogP contribution is 2.51. The quantitative estimate of drug-likeness (QED) is 0.497. The van der Waals surface area contributed by atoms with Gasteiger partial charge in [0.1, 0.15) is 0 Å². The molecule has 1 heteroatoms. The van der Waals surface area contributed by atoms with E-state index >= 15 is 0 Å². The van der Waals surface area contributed by atoms with Gasteiger partial charge in [0.25, 0.3) is 0 Å². The Morgan fingerprint density at radius 3 is 2.52 bits per heavy atom. The first-order valence-electron chi connectivity index (χ1n) is 8.90. The molecule has 2 aliphatic rings. The molecule has 0 heterocycles. The lowest BCUT2D eigenvalue weighted by Crippen LogP contribution is -2.35. The van der Waals surface area contributed by atoms with E-state index in [4.69, 9.17) is 0 Å². The molecule has 1 atom stereocenters. The van der Waals surface area contributed by atoms with Crippen LogP contribution in [-0.2, 0) is 4.79 Å². The monoisotopic (exact) mass is 308 g/mol. The summed E-state index contributed by atoms with van der Waals surface area (Å²) < 4.78 is 0. The second-order valence-electron chi connectivity index (χ2n) is 8.17. The van der Waals surface area contributed by atoms with Gasteiger partial charge in [0.05, 0.1) is 0 Å². The SMILES string of the molecule is CC1(C)CCCC2=C1C[C@@](C)(C(=O)C=Cc1ccccc1)CC2. The Bertz CT molecular complexity index is 648. The van der Waals surface area contributed by atoms with Crippen LogP contribution in [0.2, 0.25) is 0 Å². The van der Waals surface area contributed by atoms with Gasteiger partial charge < -0.3 is 0 Å². The van der Waals surface area contributed by atoms with Crippen molar-refractivity contribution in [3.8, 4) is 0 Å². The van der Waals surface area contributed by atoms with Crippen molar-refractivity contribution in [2.45, 2.75) is 59.3 Å². The Hall–Kier alpha value is -1.63. The zero-order chi connectivity index (χ0) is 16.5. The Balaban J connectivity index is 1.79. The molecule has 0 bridgehead atoms. The Labute approximate surface area is 140 Å². The number of hydrogen-bond donors (Lipinski definition) is 0. The summed E-state index contributed by atoms with van der Waals surface area (Å²) in [4.78, 5) is 12.9. The molecule has 23 heavy (non-hydrogen) atoms. The third-order valence-corrected chi connectivity index (χ3v) is 5.89. The van der Waals surface area contributed by atoms with Crippen LogP contribution in [0.3, 0.4) is 0 Å². The molecule has 0 spiro atoms. The van der Waals surface area contributed by atoms with E-state index in [1.54, 1.807) is 17.2 Å². The molecule has 0 fully saturated rings. The maximum Gasteiger partial charge on any atom is 0.161 e. The fraction of sp³-hybridized carbons (Fsp3) is 0.500. The van der Waals surface area contributed by atoms with Crippen molar-refractivity contribution in [2.75, 3.05) is 0 Å². The van der Waals surface area contributed by atoms with Gasteiger partial charge in [0.2, 0.25) is 0 Å². The second kappa shape index (κ2) is 6.11. The summed E-state index contributed by atoms with van der Waals surface area (Å²) in [5, 5.41) is 0. The van der Waals surface area contributed by atoms with E-state index in [2.05, 4.69) is 20.8 Å². The smallest absolute Gasteiger partial charge is 0.161 e. The molecule has 0 aliphatic heterocycles. The van der Waals surface area contributed by atoms with E-state index in [9.17, 15) is 4.79 Å². The van der Waals surface area contributed by atoms with Crippen LogP contribution >= 0.6 is 0 Å². The molecule has 122 valence electrons. The fourth-order valence-electron chi connectivity index (χ4n) is 4.22. The summed E-state index contributed by atoms with van der Waals surface area (Å²) in [5.74, 6) is 0.286. The van der Waals surface area contributed by atoms with Crippen molar-refractivity contribution in [3.63, 3.8) is 0 Å². The van der Waals surface area contributed by atoms with Gasteiger partial charge in [-0.25, -0.2) is 0 Å². The molecule has 2 aliphatic carbocycles. The van der Waals surface area contributed by atoms with Crippen molar-refractivity contribution < 1.29 is 4.79 Å². The molecule has 0 aromatic heterocycles. The maximum absolute atomic E-state index is 12.9. The molecule has 0 radical (unpaired) electrons. The van der Waals surface area contributed by atoms with E-state index < -0.39 is 0 Å². The van der Waals surface area contributed by atoms with Crippen molar-refractivity contribution in [1.82, 2.24) is 0 Å². The van der Waals surface area contributed by atoms with Crippen LogP contribution in [0, 0.1) is 10.8 Å². The zero-order valence-electron chi connectivity index (χ0n) is 14.7. The molecule has 0 amide bonds. The van der Waals surface area contributed by atoms with E-state index in [1.165, 1.54) is 19.3 Å². The Morgan fingerprint density at radius 2 is 1.78 bits per heavy atom. The predicted octanol–water partition coefficient (Wildman–Crippen LogP) is 5.97. The van der Waals surface area contributed by atoms with E-state index in [-0.39, 0.29) is 16.6 Å². The van der Waals surface area contributed by atoms with Crippen molar-refractivity contribution in [2.24, 2.45) is 10.8 Å². The predicted molar refractivity (Wildman–Crippen MR) is 97.1 cm³/mol. The number of benzene rings is 1. The van der Waals surface area contributed by atoms with Crippen molar-refractivity contribution in [3.05, 3.63) is 53.1 Å². The molecule has 0 saturated heterocycles. The molecule has 1 nitrogen and oxygen atoms in total. The molecular weight excluding hydrogens is 280 g/mol. The highest BCUT2D eigenvalue weighted by Gasteiger charge is 2.41. The summed E-state index contributed by atoms with van der Waals surface area (Å²) in [5.41, 5.74) is 4.38. The first kappa shape index (κ1) is 16.2. The topological polar surface area (TPSA) is 17.1 Å². The molecule has 0 unspecified atom stereocenters. The standard InChI is InChI=1S/C22H28O/c1-21(2)14-7-10-18-13-15-22(3,16-19(18)21)20(23)12-11-17-8-5-4-6-9-17/h4-6,8-9,11-12H,7,10,13-16H2,1-3H3/t22-/m0/s1. The first-order valence-corrected chi connectivity index (χ1v) is 8.90. The largest absolute Gasteiger partial charge is 0.294 e. The van der Waals surface area contributed by atoms with Crippen molar-refractivity contribution in [1.29, 1.82) is 0 Å². The molecule has 0 N–H and O–H groups in total. The Kier molecular flexibility index (Phi) is 4.31. The number of hydrogen-bond acceptors (Lipinski definition) is 1.